The first kappa shape index (κ1) is 9.03. The predicted molar refractivity (Wildman–Crippen MR) is 50.1 cm³/mol. The zero-order valence-corrected chi connectivity index (χ0v) is 8.19. The van der Waals surface area contributed by atoms with Crippen molar-refractivity contribution in [2.45, 2.75) is 18.0 Å². The standard InChI is InChI=1S/C11H10O4/c1-14-11-8-5-3-2-4-7(8)9(12)6-10(11,13)15-11/h2-5,13H,6H2,1H3. The number of hydrogen-bond donors (Lipinski definition) is 1. The van der Waals surface area contributed by atoms with E-state index in [1.807, 2.05) is 0 Å². The van der Waals surface area contributed by atoms with Gasteiger partial charge in [0.1, 0.15) is 0 Å². The van der Waals surface area contributed by atoms with E-state index in [0.29, 0.717) is 11.1 Å². The SMILES string of the molecule is COC12OC1(O)CC(=O)c1ccccc12. The monoisotopic (exact) mass is 206 g/mol. The van der Waals surface area contributed by atoms with Crippen molar-refractivity contribution in [1.82, 2.24) is 0 Å². The fraction of sp³-hybridized carbons (Fsp3) is 0.364. The summed E-state index contributed by atoms with van der Waals surface area (Å²) in [6, 6.07) is 7.04. The lowest BCUT2D eigenvalue weighted by Gasteiger charge is -2.21. The molecule has 0 bridgehead atoms. The van der Waals surface area contributed by atoms with Gasteiger partial charge in [-0.1, -0.05) is 24.3 Å². The largest absolute Gasteiger partial charge is 0.361 e. The van der Waals surface area contributed by atoms with Gasteiger partial charge in [-0.15, -0.1) is 0 Å². The molecule has 2 aliphatic rings. The molecule has 1 aromatic rings. The van der Waals surface area contributed by atoms with Crippen molar-refractivity contribution in [3.8, 4) is 0 Å². The van der Waals surface area contributed by atoms with Crippen LogP contribution in [-0.2, 0) is 15.3 Å². The van der Waals surface area contributed by atoms with E-state index in [2.05, 4.69) is 0 Å². The minimum Gasteiger partial charge on any atom is -0.361 e. The van der Waals surface area contributed by atoms with Crippen LogP contribution in [0.5, 0.6) is 0 Å². The summed E-state index contributed by atoms with van der Waals surface area (Å²) < 4.78 is 10.4. The Labute approximate surface area is 86.4 Å². The maximum absolute atomic E-state index is 11.7. The fourth-order valence-electron chi connectivity index (χ4n) is 2.27. The maximum atomic E-state index is 11.7. The third kappa shape index (κ3) is 0.891. The summed E-state index contributed by atoms with van der Waals surface area (Å²) in [5.41, 5.74) is 1.19. The van der Waals surface area contributed by atoms with Gasteiger partial charge >= 0.3 is 0 Å². The quantitative estimate of drug-likeness (QED) is 0.690. The van der Waals surface area contributed by atoms with Gasteiger partial charge in [0.15, 0.2) is 5.78 Å². The van der Waals surface area contributed by atoms with E-state index in [1.54, 1.807) is 24.3 Å². The molecule has 2 atom stereocenters. The second-order valence-electron chi connectivity index (χ2n) is 3.85. The molecule has 1 aromatic carbocycles. The van der Waals surface area contributed by atoms with Gasteiger partial charge in [-0.3, -0.25) is 4.79 Å². The highest BCUT2D eigenvalue weighted by atomic mass is 16.9. The predicted octanol–water partition coefficient (Wildman–Crippen LogP) is 0.791. The summed E-state index contributed by atoms with van der Waals surface area (Å²) in [4.78, 5) is 11.7. The minimum absolute atomic E-state index is 0.0438. The molecule has 78 valence electrons. The molecule has 1 aliphatic carbocycles. The number of hydrogen-bond acceptors (Lipinski definition) is 4. The Hall–Kier alpha value is -1.23. The van der Waals surface area contributed by atoms with Crippen molar-refractivity contribution >= 4 is 5.78 Å². The van der Waals surface area contributed by atoms with E-state index in [-0.39, 0.29) is 12.2 Å². The van der Waals surface area contributed by atoms with Gasteiger partial charge in [-0.25, -0.2) is 0 Å². The molecule has 1 saturated heterocycles. The maximum Gasteiger partial charge on any atom is 0.254 e. The Kier molecular flexibility index (Phi) is 1.49. The molecule has 1 fully saturated rings. The number of Topliss-reactive ketones (excluding diaryl/α,β-unsaturated/α-hetero) is 1. The topological polar surface area (TPSA) is 59.1 Å². The molecule has 0 spiro atoms. The van der Waals surface area contributed by atoms with Crippen LogP contribution in [0.1, 0.15) is 22.3 Å². The van der Waals surface area contributed by atoms with Crippen LogP contribution in [-0.4, -0.2) is 23.8 Å². The first-order valence-electron chi connectivity index (χ1n) is 4.73. The number of rotatable bonds is 1. The highest BCUT2D eigenvalue weighted by Crippen LogP contribution is 2.60. The molecular formula is C11H10O4. The molecule has 2 unspecified atom stereocenters. The Morgan fingerprint density at radius 1 is 1.47 bits per heavy atom. The zero-order chi connectivity index (χ0) is 10.7. The second kappa shape index (κ2) is 2.47. The van der Waals surface area contributed by atoms with E-state index in [4.69, 9.17) is 9.47 Å². The van der Waals surface area contributed by atoms with E-state index in [0.717, 1.165) is 0 Å². The molecule has 0 amide bonds. The van der Waals surface area contributed by atoms with Gasteiger partial charge in [-0.2, -0.15) is 0 Å². The Morgan fingerprint density at radius 3 is 2.93 bits per heavy atom. The number of ether oxygens (including phenoxy) is 2. The number of methoxy groups -OCH3 is 1. The summed E-state index contributed by atoms with van der Waals surface area (Å²) >= 11 is 0. The highest BCUT2D eigenvalue weighted by molar-refractivity contribution is 6.00. The average Bonchev–Trinajstić information content (AvgIpc) is 2.86. The Morgan fingerprint density at radius 2 is 2.20 bits per heavy atom. The number of ketones is 1. The van der Waals surface area contributed by atoms with Gasteiger partial charge in [0.05, 0.1) is 6.42 Å². The van der Waals surface area contributed by atoms with E-state index < -0.39 is 11.6 Å². The van der Waals surface area contributed by atoms with E-state index in [9.17, 15) is 9.90 Å². The van der Waals surface area contributed by atoms with E-state index in [1.165, 1.54) is 7.11 Å². The molecule has 4 nitrogen and oxygen atoms in total. The first-order chi connectivity index (χ1) is 7.13. The van der Waals surface area contributed by atoms with Crippen LogP contribution < -0.4 is 0 Å². The van der Waals surface area contributed by atoms with Gasteiger partial charge in [0.2, 0.25) is 5.79 Å². The molecule has 0 radical (unpaired) electrons. The van der Waals surface area contributed by atoms with Crippen molar-refractivity contribution in [3.63, 3.8) is 0 Å². The molecule has 3 rings (SSSR count). The lowest BCUT2D eigenvalue weighted by atomic mass is 9.86. The summed E-state index contributed by atoms with van der Waals surface area (Å²) in [5.74, 6) is -2.71. The third-order valence-electron chi connectivity index (χ3n) is 3.05. The molecule has 1 aliphatic heterocycles. The van der Waals surface area contributed by atoms with Crippen molar-refractivity contribution in [3.05, 3.63) is 35.4 Å². The molecular weight excluding hydrogens is 196 g/mol. The Bertz CT molecular complexity index is 456. The number of benzene rings is 1. The van der Waals surface area contributed by atoms with Crippen LogP contribution in [0.15, 0.2) is 24.3 Å². The summed E-state index contributed by atoms with van der Waals surface area (Å²) in [7, 11) is 1.46. The Balaban J connectivity index is 2.24. The van der Waals surface area contributed by atoms with Crippen LogP contribution in [0, 0.1) is 0 Å². The fourth-order valence-corrected chi connectivity index (χ4v) is 2.27. The summed E-state index contributed by atoms with van der Waals surface area (Å²) in [6.07, 6.45) is -0.0438. The normalized spacial score (nSPS) is 37.1. The van der Waals surface area contributed by atoms with Gasteiger partial charge in [0.25, 0.3) is 5.79 Å². The van der Waals surface area contributed by atoms with Crippen molar-refractivity contribution in [2.24, 2.45) is 0 Å². The number of carbonyl (C=O) groups excluding carboxylic acids is 1. The lowest BCUT2D eigenvalue weighted by Crippen LogP contribution is -2.34. The molecule has 4 heteroatoms. The summed E-state index contributed by atoms with van der Waals surface area (Å²) in [6.45, 7) is 0. The minimum atomic E-state index is -1.47. The number of epoxide rings is 1. The summed E-state index contributed by atoms with van der Waals surface area (Å²) in [5, 5.41) is 9.95. The molecule has 0 saturated carbocycles. The number of carbonyl (C=O) groups is 1. The van der Waals surface area contributed by atoms with Crippen LogP contribution in [0.3, 0.4) is 0 Å². The van der Waals surface area contributed by atoms with Crippen LogP contribution in [0.4, 0.5) is 0 Å². The van der Waals surface area contributed by atoms with Crippen LogP contribution in [0.25, 0.3) is 0 Å². The number of aliphatic hydroxyl groups is 1. The highest BCUT2D eigenvalue weighted by Gasteiger charge is 2.75. The lowest BCUT2D eigenvalue weighted by molar-refractivity contribution is -0.0281. The van der Waals surface area contributed by atoms with Crippen molar-refractivity contribution in [1.29, 1.82) is 0 Å². The van der Waals surface area contributed by atoms with Crippen molar-refractivity contribution < 1.29 is 19.4 Å². The van der Waals surface area contributed by atoms with Crippen molar-refractivity contribution in [2.75, 3.05) is 7.11 Å². The van der Waals surface area contributed by atoms with Crippen LogP contribution in [0.2, 0.25) is 0 Å². The second-order valence-corrected chi connectivity index (χ2v) is 3.85. The molecule has 1 heterocycles. The smallest absolute Gasteiger partial charge is 0.254 e. The van der Waals surface area contributed by atoms with Gasteiger partial charge < -0.3 is 14.6 Å². The molecule has 0 aromatic heterocycles. The molecule has 15 heavy (non-hydrogen) atoms. The third-order valence-corrected chi connectivity index (χ3v) is 3.05. The van der Waals surface area contributed by atoms with E-state index >= 15 is 0 Å². The molecule has 1 N–H and O–H groups in total. The van der Waals surface area contributed by atoms with Crippen LogP contribution >= 0.6 is 0 Å². The van der Waals surface area contributed by atoms with Gasteiger partial charge in [0, 0.05) is 18.2 Å². The first-order valence-corrected chi connectivity index (χ1v) is 4.73. The zero-order valence-electron chi connectivity index (χ0n) is 8.19. The average molecular weight is 206 g/mol. The van der Waals surface area contributed by atoms with Gasteiger partial charge in [-0.05, 0) is 0 Å². The number of fused-ring (bicyclic) bond motifs is 3.